The third kappa shape index (κ3) is 4.75. The zero-order valence-corrected chi connectivity index (χ0v) is 18.9. The van der Waals surface area contributed by atoms with Crippen LogP contribution in [-0.2, 0) is 22.4 Å². The molecule has 0 saturated carbocycles. The molecule has 1 aliphatic rings. The Kier molecular flexibility index (Phi) is 7.02. The molecule has 0 aromatic heterocycles. The van der Waals surface area contributed by atoms with E-state index in [2.05, 4.69) is 0 Å². The third-order valence-corrected chi connectivity index (χ3v) is 7.37. The predicted molar refractivity (Wildman–Crippen MR) is 120 cm³/mol. The van der Waals surface area contributed by atoms with Gasteiger partial charge in [0, 0.05) is 29.5 Å². The second-order valence-corrected chi connectivity index (χ2v) is 9.47. The van der Waals surface area contributed by atoms with E-state index in [1.807, 2.05) is 31.2 Å². The van der Waals surface area contributed by atoms with E-state index in [0.29, 0.717) is 32.7 Å². The molecule has 0 aliphatic carbocycles. The minimum Gasteiger partial charge on any atom is -0.611 e. The molecule has 0 saturated heterocycles. The van der Waals surface area contributed by atoms with Crippen molar-refractivity contribution in [3.8, 4) is 11.1 Å². The van der Waals surface area contributed by atoms with Crippen molar-refractivity contribution in [1.82, 2.24) is 0 Å². The average Bonchev–Trinajstić information content (AvgIpc) is 2.69. The van der Waals surface area contributed by atoms with Crippen LogP contribution >= 0.6 is 0 Å². The summed E-state index contributed by atoms with van der Waals surface area (Å²) >= 11 is -1.53. The number of hydrogen-bond donors (Lipinski definition) is 1. The van der Waals surface area contributed by atoms with E-state index in [9.17, 15) is 23.2 Å². The van der Waals surface area contributed by atoms with Gasteiger partial charge in [-0.1, -0.05) is 36.8 Å². The summed E-state index contributed by atoms with van der Waals surface area (Å²) in [4.78, 5) is 12.2. The van der Waals surface area contributed by atoms with E-state index in [0.717, 1.165) is 17.2 Å². The maximum Gasteiger partial charge on any atom is 0.307 e. The number of allylic oxidation sites excluding steroid dienone is 4. The number of carboxylic acid groups (broad SMARTS) is 1. The third-order valence-electron chi connectivity index (χ3n) is 5.78. The predicted octanol–water partition coefficient (Wildman–Crippen LogP) is 6.23. The lowest BCUT2D eigenvalue weighted by atomic mass is 9.83. The number of rotatable bonds is 3. The first-order chi connectivity index (χ1) is 14.6. The van der Waals surface area contributed by atoms with Gasteiger partial charge in [0.2, 0.25) is 0 Å². The van der Waals surface area contributed by atoms with Crippen molar-refractivity contribution in [3.05, 3.63) is 75.9 Å². The summed E-state index contributed by atoms with van der Waals surface area (Å²) in [6, 6.07) is 7.68. The van der Waals surface area contributed by atoms with Crippen LogP contribution in [0.4, 0.5) is 8.78 Å². The van der Waals surface area contributed by atoms with Gasteiger partial charge in [0.25, 0.3) is 0 Å². The smallest absolute Gasteiger partial charge is 0.307 e. The summed E-state index contributed by atoms with van der Waals surface area (Å²) in [7, 11) is 0. The maximum atomic E-state index is 15.0. The number of hydrogen-bond acceptors (Lipinski definition) is 2. The molecule has 1 N–H and O–H groups in total. The highest BCUT2D eigenvalue weighted by molar-refractivity contribution is 7.91. The van der Waals surface area contributed by atoms with Crippen molar-refractivity contribution in [1.29, 1.82) is 0 Å². The van der Waals surface area contributed by atoms with Crippen LogP contribution in [0.3, 0.4) is 0 Å². The zero-order chi connectivity index (χ0) is 22.9. The molecule has 1 heterocycles. The lowest BCUT2D eigenvalue weighted by Crippen LogP contribution is -2.19. The van der Waals surface area contributed by atoms with Crippen LogP contribution < -0.4 is 0 Å². The molecule has 2 atom stereocenters. The Labute approximate surface area is 184 Å². The second kappa shape index (κ2) is 9.37. The molecule has 0 spiro atoms. The van der Waals surface area contributed by atoms with Gasteiger partial charge in [-0.2, -0.15) is 0 Å². The highest BCUT2D eigenvalue weighted by atomic mass is 32.2. The molecule has 31 heavy (non-hydrogen) atoms. The molecule has 0 radical (unpaired) electrons. The van der Waals surface area contributed by atoms with Crippen molar-refractivity contribution in [2.75, 3.05) is 5.75 Å². The monoisotopic (exact) mass is 444 g/mol. The SMILES string of the molecule is Cc1ccc(-c2c(C)c3c(c(C)c2CC(=O)O)[S+]([O-])CC/C=C(F)\C=C(\F)C3C)cc1. The molecule has 6 heteroatoms. The van der Waals surface area contributed by atoms with Gasteiger partial charge in [-0.05, 0) is 60.3 Å². The Hall–Kier alpha value is -2.44. The topological polar surface area (TPSA) is 60.4 Å². The minimum atomic E-state index is -1.53. The summed E-state index contributed by atoms with van der Waals surface area (Å²) in [6.45, 7) is 7.14. The lowest BCUT2D eigenvalue weighted by Gasteiger charge is -2.27. The van der Waals surface area contributed by atoms with Gasteiger partial charge in [0.1, 0.15) is 17.4 Å². The fourth-order valence-electron chi connectivity index (χ4n) is 4.22. The van der Waals surface area contributed by atoms with E-state index in [4.69, 9.17) is 0 Å². The van der Waals surface area contributed by atoms with E-state index >= 15 is 0 Å². The summed E-state index contributed by atoms with van der Waals surface area (Å²) < 4.78 is 42.3. The van der Waals surface area contributed by atoms with E-state index in [1.54, 1.807) is 20.8 Å². The van der Waals surface area contributed by atoms with Crippen LogP contribution in [0.2, 0.25) is 0 Å². The Morgan fingerprint density at radius 2 is 1.81 bits per heavy atom. The molecule has 0 fully saturated rings. The average molecular weight is 445 g/mol. The standard InChI is InChI=1S/C25H26F2O3S/c1-14-7-9-18(10-8-14)24-17(4)23-16(3)21(27)12-19(26)6-5-11-31(30)25(23)15(2)20(24)13-22(28)29/h6-10,12,16H,5,11,13H2,1-4H3,(H,28,29)/b19-6+,21-12+. The van der Waals surface area contributed by atoms with Gasteiger partial charge in [-0.25, -0.2) is 8.78 Å². The first-order valence-corrected chi connectivity index (χ1v) is 11.5. The number of aliphatic carboxylic acids is 1. The van der Waals surface area contributed by atoms with Crippen molar-refractivity contribution in [2.45, 2.75) is 51.3 Å². The lowest BCUT2D eigenvalue weighted by molar-refractivity contribution is -0.136. The molecule has 3 rings (SSSR count). The Morgan fingerprint density at radius 3 is 2.42 bits per heavy atom. The molecule has 0 amide bonds. The van der Waals surface area contributed by atoms with Crippen LogP contribution in [0, 0.1) is 20.8 Å². The van der Waals surface area contributed by atoms with Crippen LogP contribution in [0.15, 0.2) is 53.0 Å². The maximum absolute atomic E-state index is 15.0. The second-order valence-electron chi connectivity index (χ2n) is 7.96. The number of carboxylic acids is 1. The van der Waals surface area contributed by atoms with Gasteiger partial charge in [0.05, 0.1) is 6.42 Å². The van der Waals surface area contributed by atoms with Gasteiger partial charge >= 0.3 is 5.97 Å². The molecule has 0 bridgehead atoms. The normalized spacial score (nSPS) is 22.7. The van der Waals surface area contributed by atoms with Gasteiger partial charge < -0.3 is 9.66 Å². The molecule has 164 valence electrons. The number of halogens is 2. The summed E-state index contributed by atoms with van der Waals surface area (Å²) in [5.74, 6) is -2.97. The Bertz CT molecular complexity index is 1070. The molecular weight excluding hydrogens is 418 g/mol. The Balaban J connectivity index is 2.41. The number of benzene rings is 2. The molecule has 1 aliphatic heterocycles. The van der Waals surface area contributed by atoms with Gasteiger partial charge in [-0.15, -0.1) is 0 Å². The molecule has 2 unspecified atom stereocenters. The summed E-state index contributed by atoms with van der Waals surface area (Å²) in [6.07, 6.45) is 2.08. The fraction of sp³-hybridized carbons (Fsp3) is 0.320. The minimum absolute atomic E-state index is 0.180. The fourth-order valence-corrected chi connectivity index (χ4v) is 5.79. The number of carbonyl (C=O) groups is 1. The molecule has 2 aromatic rings. The number of aryl methyl sites for hydroxylation is 1. The van der Waals surface area contributed by atoms with E-state index in [1.165, 1.54) is 6.08 Å². The van der Waals surface area contributed by atoms with Crippen molar-refractivity contribution >= 4 is 17.1 Å². The first kappa shape index (κ1) is 23.2. The van der Waals surface area contributed by atoms with Crippen LogP contribution in [0.25, 0.3) is 11.1 Å². The quantitative estimate of drug-likeness (QED) is 0.571. The summed E-state index contributed by atoms with van der Waals surface area (Å²) in [5.41, 5.74) is 4.98. The van der Waals surface area contributed by atoms with Gasteiger partial charge in [-0.3, -0.25) is 4.79 Å². The summed E-state index contributed by atoms with van der Waals surface area (Å²) in [5, 5.41) is 9.58. The van der Waals surface area contributed by atoms with Crippen LogP contribution in [-0.4, -0.2) is 21.4 Å². The van der Waals surface area contributed by atoms with Crippen molar-refractivity contribution in [2.24, 2.45) is 0 Å². The number of fused-ring (bicyclic) bond motifs is 1. The van der Waals surface area contributed by atoms with E-state index in [-0.39, 0.29) is 18.6 Å². The van der Waals surface area contributed by atoms with Crippen LogP contribution in [0.5, 0.6) is 0 Å². The highest BCUT2D eigenvalue weighted by Crippen LogP contribution is 2.43. The first-order valence-electron chi connectivity index (χ1n) is 10.2. The van der Waals surface area contributed by atoms with Crippen molar-refractivity contribution in [3.63, 3.8) is 0 Å². The Morgan fingerprint density at radius 1 is 1.16 bits per heavy atom. The van der Waals surface area contributed by atoms with Crippen LogP contribution in [0.1, 0.15) is 47.1 Å². The largest absolute Gasteiger partial charge is 0.611 e. The molecule has 2 aromatic carbocycles. The van der Waals surface area contributed by atoms with Crippen molar-refractivity contribution < 1.29 is 23.2 Å². The van der Waals surface area contributed by atoms with E-state index < -0.39 is 34.7 Å². The molecular formula is C25H26F2O3S. The van der Waals surface area contributed by atoms with Gasteiger partial charge in [0.15, 0.2) is 4.90 Å². The zero-order valence-electron chi connectivity index (χ0n) is 18.1. The highest BCUT2D eigenvalue weighted by Gasteiger charge is 2.32. The molecule has 3 nitrogen and oxygen atoms in total.